The highest BCUT2D eigenvalue weighted by atomic mass is 32.2. The Balaban J connectivity index is 1.64. The lowest BCUT2D eigenvalue weighted by molar-refractivity contribution is 0.620. The number of para-hydroxylation sites is 1. The molecule has 2 aromatic carbocycles. The van der Waals surface area contributed by atoms with E-state index in [0.29, 0.717) is 12.3 Å². The van der Waals surface area contributed by atoms with Gasteiger partial charge in [0.25, 0.3) is 5.56 Å². The van der Waals surface area contributed by atoms with Gasteiger partial charge in [-0.3, -0.25) is 13.8 Å². The van der Waals surface area contributed by atoms with Gasteiger partial charge < -0.3 is 0 Å². The molecule has 0 radical (unpaired) electrons. The van der Waals surface area contributed by atoms with Crippen LogP contribution >= 0.6 is 11.8 Å². The van der Waals surface area contributed by atoms with Crippen LogP contribution in [0.3, 0.4) is 0 Å². The summed E-state index contributed by atoms with van der Waals surface area (Å²) in [6.45, 7) is 2.79. The van der Waals surface area contributed by atoms with Crippen LogP contribution in [0.1, 0.15) is 31.7 Å². The number of thioether (sulfide) groups is 1. The standard InChI is InChI=1S/C22H24N4OS/c1-2-3-15-25-20(27)18-13-7-8-14-19(18)26-21(25)23-24-22(26)28-16-9-12-17-10-5-4-6-11-17/h4-8,10-11,13-14H,2-3,9,12,15-16H2,1H3. The van der Waals surface area contributed by atoms with Crippen molar-refractivity contribution in [3.63, 3.8) is 0 Å². The maximum Gasteiger partial charge on any atom is 0.262 e. The number of hydrogen-bond donors (Lipinski definition) is 0. The van der Waals surface area contributed by atoms with Gasteiger partial charge in [0, 0.05) is 12.3 Å². The maximum atomic E-state index is 12.9. The van der Waals surface area contributed by atoms with Gasteiger partial charge in [0.1, 0.15) is 0 Å². The lowest BCUT2D eigenvalue weighted by Crippen LogP contribution is -2.23. The van der Waals surface area contributed by atoms with Crippen LogP contribution in [0.2, 0.25) is 0 Å². The molecule has 5 nitrogen and oxygen atoms in total. The summed E-state index contributed by atoms with van der Waals surface area (Å²) in [5.74, 6) is 1.60. The summed E-state index contributed by atoms with van der Waals surface area (Å²) < 4.78 is 3.81. The van der Waals surface area contributed by atoms with Crippen molar-refractivity contribution >= 4 is 28.4 Å². The van der Waals surface area contributed by atoms with E-state index in [4.69, 9.17) is 0 Å². The Hall–Kier alpha value is -2.60. The van der Waals surface area contributed by atoms with Gasteiger partial charge >= 0.3 is 0 Å². The van der Waals surface area contributed by atoms with Crippen LogP contribution < -0.4 is 5.56 Å². The average molecular weight is 393 g/mol. The first-order chi connectivity index (χ1) is 13.8. The zero-order valence-corrected chi connectivity index (χ0v) is 16.9. The molecule has 28 heavy (non-hydrogen) atoms. The fourth-order valence-electron chi connectivity index (χ4n) is 3.43. The molecule has 0 saturated heterocycles. The van der Waals surface area contributed by atoms with Crippen molar-refractivity contribution in [3.05, 3.63) is 70.5 Å². The predicted molar refractivity (Wildman–Crippen MR) is 115 cm³/mol. The summed E-state index contributed by atoms with van der Waals surface area (Å²) in [5, 5.41) is 10.4. The van der Waals surface area contributed by atoms with E-state index in [1.165, 1.54) is 5.56 Å². The molecule has 0 atom stereocenters. The quantitative estimate of drug-likeness (QED) is 0.326. The molecule has 0 unspecified atom stereocenters. The lowest BCUT2D eigenvalue weighted by atomic mass is 10.1. The number of aryl methyl sites for hydroxylation is 2. The minimum absolute atomic E-state index is 0.0181. The minimum atomic E-state index is 0.0181. The maximum absolute atomic E-state index is 12.9. The first-order valence-corrected chi connectivity index (χ1v) is 10.8. The molecule has 0 aliphatic heterocycles. The number of hydrogen-bond acceptors (Lipinski definition) is 4. The fourth-order valence-corrected chi connectivity index (χ4v) is 4.31. The van der Waals surface area contributed by atoms with Crippen LogP contribution in [0.15, 0.2) is 64.5 Å². The van der Waals surface area contributed by atoms with Gasteiger partial charge in [0.15, 0.2) is 5.16 Å². The van der Waals surface area contributed by atoms with E-state index >= 15 is 0 Å². The highest BCUT2D eigenvalue weighted by molar-refractivity contribution is 7.99. The van der Waals surface area contributed by atoms with Crippen molar-refractivity contribution in [1.82, 2.24) is 19.2 Å². The minimum Gasteiger partial charge on any atom is -0.276 e. The number of benzene rings is 2. The summed E-state index contributed by atoms with van der Waals surface area (Å²) >= 11 is 1.70. The molecule has 2 aromatic heterocycles. The third-order valence-corrected chi connectivity index (χ3v) is 5.91. The molecule has 0 aliphatic carbocycles. The van der Waals surface area contributed by atoms with Crippen LogP contribution in [0.5, 0.6) is 0 Å². The first-order valence-electron chi connectivity index (χ1n) is 9.83. The van der Waals surface area contributed by atoms with Gasteiger partial charge in [-0.1, -0.05) is 67.6 Å². The summed E-state index contributed by atoms with van der Waals surface area (Å²) in [5.41, 5.74) is 2.25. The lowest BCUT2D eigenvalue weighted by Gasteiger charge is -2.10. The zero-order valence-electron chi connectivity index (χ0n) is 16.0. The van der Waals surface area contributed by atoms with E-state index in [2.05, 4.69) is 41.4 Å². The van der Waals surface area contributed by atoms with Gasteiger partial charge in [-0.15, -0.1) is 10.2 Å². The molecule has 0 N–H and O–H groups in total. The molecule has 0 bridgehead atoms. The molecule has 4 rings (SSSR count). The molecule has 0 fully saturated rings. The van der Waals surface area contributed by atoms with Crippen LogP contribution in [-0.2, 0) is 13.0 Å². The number of rotatable bonds is 8. The Morgan fingerprint density at radius 1 is 0.964 bits per heavy atom. The smallest absolute Gasteiger partial charge is 0.262 e. The van der Waals surface area contributed by atoms with Crippen molar-refractivity contribution < 1.29 is 0 Å². The Bertz CT molecular complexity index is 1130. The Morgan fingerprint density at radius 2 is 1.75 bits per heavy atom. The van der Waals surface area contributed by atoms with E-state index in [1.807, 2.05) is 34.7 Å². The van der Waals surface area contributed by atoms with E-state index in [9.17, 15) is 4.79 Å². The third-order valence-electron chi connectivity index (χ3n) is 4.90. The van der Waals surface area contributed by atoms with Gasteiger partial charge in [-0.2, -0.15) is 0 Å². The summed E-state index contributed by atoms with van der Waals surface area (Å²) in [4.78, 5) is 12.9. The number of aromatic nitrogens is 4. The molecule has 2 heterocycles. The molecule has 0 spiro atoms. The van der Waals surface area contributed by atoms with Gasteiger partial charge in [-0.05, 0) is 37.0 Å². The van der Waals surface area contributed by atoms with E-state index in [0.717, 1.165) is 47.5 Å². The van der Waals surface area contributed by atoms with E-state index in [1.54, 1.807) is 16.3 Å². The highest BCUT2D eigenvalue weighted by Gasteiger charge is 2.16. The summed E-state index contributed by atoms with van der Waals surface area (Å²) in [7, 11) is 0. The zero-order chi connectivity index (χ0) is 19.3. The van der Waals surface area contributed by atoms with E-state index in [-0.39, 0.29) is 5.56 Å². The molecular formula is C22H24N4OS. The molecule has 4 aromatic rings. The van der Waals surface area contributed by atoms with Crippen molar-refractivity contribution in [2.75, 3.05) is 5.75 Å². The van der Waals surface area contributed by atoms with Crippen molar-refractivity contribution in [1.29, 1.82) is 0 Å². The van der Waals surface area contributed by atoms with Gasteiger partial charge in [0.2, 0.25) is 5.78 Å². The fraction of sp³-hybridized carbons (Fsp3) is 0.318. The van der Waals surface area contributed by atoms with Gasteiger partial charge in [0.05, 0.1) is 10.9 Å². The Labute approximate surface area is 168 Å². The SMILES string of the molecule is CCCCn1c(=O)c2ccccc2n2c(SCCCc3ccccc3)nnc12. The molecule has 0 amide bonds. The highest BCUT2D eigenvalue weighted by Crippen LogP contribution is 2.22. The Kier molecular flexibility index (Phi) is 5.76. The van der Waals surface area contributed by atoms with Crippen LogP contribution in [-0.4, -0.2) is 24.9 Å². The second kappa shape index (κ2) is 8.61. The first kappa shape index (κ1) is 18.7. The second-order valence-electron chi connectivity index (χ2n) is 6.88. The molecule has 0 saturated carbocycles. The predicted octanol–water partition coefficient (Wildman–Crippen LogP) is 4.57. The molecule has 144 valence electrons. The van der Waals surface area contributed by atoms with Crippen molar-refractivity contribution in [3.8, 4) is 0 Å². The number of unbranched alkanes of at least 4 members (excludes halogenated alkanes) is 1. The van der Waals surface area contributed by atoms with Crippen LogP contribution in [0, 0.1) is 0 Å². The largest absolute Gasteiger partial charge is 0.276 e. The average Bonchev–Trinajstić information content (AvgIpc) is 3.16. The van der Waals surface area contributed by atoms with Crippen LogP contribution in [0.4, 0.5) is 0 Å². The molecule has 0 aliphatic rings. The van der Waals surface area contributed by atoms with Gasteiger partial charge in [-0.25, -0.2) is 0 Å². The summed E-state index contributed by atoms with van der Waals surface area (Å²) in [6, 6.07) is 18.3. The van der Waals surface area contributed by atoms with E-state index < -0.39 is 0 Å². The monoisotopic (exact) mass is 392 g/mol. The second-order valence-corrected chi connectivity index (χ2v) is 7.95. The third kappa shape index (κ3) is 3.69. The topological polar surface area (TPSA) is 52.2 Å². The van der Waals surface area contributed by atoms with Crippen molar-refractivity contribution in [2.24, 2.45) is 0 Å². The number of nitrogens with zero attached hydrogens (tertiary/aromatic N) is 4. The summed E-state index contributed by atoms with van der Waals surface area (Å²) in [6.07, 6.45) is 4.09. The number of fused-ring (bicyclic) bond motifs is 3. The van der Waals surface area contributed by atoms with Crippen molar-refractivity contribution in [2.45, 2.75) is 44.3 Å². The Morgan fingerprint density at radius 3 is 2.57 bits per heavy atom. The normalized spacial score (nSPS) is 11.5. The van der Waals surface area contributed by atoms with Crippen LogP contribution in [0.25, 0.3) is 16.7 Å². The molecular weight excluding hydrogens is 368 g/mol. The molecule has 6 heteroatoms.